The van der Waals surface area contributed by atoms with Crippen LogP contribution in [0.1, 0.15) is 12.0 Å². The molecule has 7 heteroatoms. The summed E-state index contributed by atoms with van der Waals surface area (Å²) in [7, 11) is 1.62. The predicted octanol–water partition coefficient (Wildman–Crippen LogP) is 3.21. The maximum atomic E-state index is 12.5. The summed E-state index contributed by atoms with van der Waals surface area (Å²) in [4.78, 5) is 32.6. The van der Waals surface area contributed by atoms with Crippen LogP contribution < -0.4 is 11.2 Å². The number of aromatic nitrogens is 4. The molecule has 0 unspecified atom stereocenters. The molecule has 0 saturated carbocycles. The molecule has 0 atom stereocenters. The van der Waals surface area contributed by atoms with E-state index < -0.39 is 11.2 Å². The van der Waals surface area contributed by atoms with E-state index in [1.165, 1.54) is 21.9 Å². The van der Waals surface area contributed by atoms with Crippen molar-refractivity contribution in [2.75, 3.05) is 0 Å². The van der Waals surface area contributed by atoms with Crippen molar-refractivity contribution in [1.29, 1.82) is 0 Å². The number of H-pyrrole nitrogens is 1. The quantitative estimate of drug-likeness (QED) is 0.547. The summed E-state index contributed by atoms with van der Waals surface area (Å²) in [5.41, 5.74) is 1.25. The Balaban J connectivity index is 1.73. The van der Waals surface area contributed by atoms with E-state index in [-0.39, 0.29) is 0 Å². The Morgan fingerprint density at radius 1 is 1.00 bits per heavy atom. The first-order valence-corrected chi connectivity index (χ1v) is 9.91. The van der Waals surface area contributed by atoms with Gasteiger partial charge < -0.3 is 4.57 Å². The number of aryl methyl sites for hydroxylation is 3. The summed E-state index contributed by atoms with van der Waals surface area (Å²) in [6.07, 6.45) is 1.76. The summed E-state index contributed by atoms with van der Waals surface area (Å²) in [5.74, 6) is 0. The van der Waals surface area contributed by atoms with Crippen LogP contribution in [0.15, 0.2) is 80.3 Å². The number of hydrogen-bond acceptors (Lipinski definition) is 4. The number of imidazole rings is 1. The minimum Gasteiger partial charge on any atom is -0.313 e. The molecule has 2 aromatic heterocycles. The van der Waals surface area contributed by atoms with Crippen molar-refractivity contribution in [1.82, 2.24) is 19.1 Å². The SMILES string of the molecule is Cn1c(=O)[nH]c(=O)c2c1nc(Sc1ccccc1)n2CCCc1ccccc1. The van der Waals surface area contributed by atoms with Gasteiger partial charge in [-0.3, -0.25) is 14.3 Å². The lowest BCUT2D eigenvalue weighted by Crippen LogP contribution is -2.29. The summed E-state index contributed by atoms with van der Waals surface area (Å²) in [6.45, 7) is 0.641. The zero-order valence-electron chi connectivity index (χ0n) is 15.5. The van der Waals surface area contributed by atoms with Crippen LogP contribution in [0.5, 0.6) is 0 Å². The van der Waals surface area contributed by atoms with Gasteiger partial charge in [-0.1, -0.05) is 60.3 Å². The molecule has 0 aliphatic carbocycles. The first kappa shape index (κ1) is 18.3. The maximum absolute atomic E-state index is 12.5. The second-order valence-electron chi connectivity index (χ2n) is 6.54. The molecule has 142 valence electrons. The van der Waals surface area contributed by atoms with Crippen LogP contribution in [0.3, 0.4) is 0 Å². The molecule has 0 saturated heterocycles. The highest BCUT2D eigenvalue weighted by Gasteiger charge is 2.18. The third-order valence-electron chi connectivity index (χ3n) is 4.61. The van der Waals surface area contributed by atoms with Crippen molar-refractivity contribution >= 4 is 22.9 Å². The fraction of sp³-hybridized carbons (Fsp3) is 0.190. The molecule has 2 heterocycles. The van der Waals surface area contributed by atoms with Crippen molar-refractivity contribution in [2.24, 2.45) is 7.05 Å². The van der Waals surface area contributed by atoms with Gasteiger partial charge in [0, 0.05) is 18.5 Å². The average Bonchev–Trinajstić information content (AvgIpc) is 3.07. The number of benzene rings is 2. The van der Waals surface area contributed by atoms with Crippen LogP contribution in [0.2, 0.25) is 0 Å². The predicted molar refractivity (Wildman–Crippen MR) is 111 cm³/mol. The van der Waals surface area contributed by atoms with Gasteiger partial charge >= 0.3 is 5.69 Å². The van der Waals surface area contributed by atoms with E-state index in [2.05, 4.69) is 22.1 Å². The molecule has 0 spiro atoms. The molecule has 2 aromatic carbocycles. The number of nitrogens with one attached hydrogen (secondary N) is 1. The Bertz CT molecular complexity index is 1210. The molecule has 0 radical (unpaired) electrons. The van der Waals surface area contributed by atoms with Crippen molar-refractivity contribution in [2.45, 2.75) is 29.4 Å². The van der Waals surface area contributed by atoms with Crippen molar-refractivity contribution in [3.63, 3.8) is 0 Å². The molecule has 1 N–H and O–H groups in total. The van der Waals surface area contributed by atoms with Gasteiger partial charge in [-0.25, -0.2) is 9.78 Å². The van der Waals surface area contributed by atoms with E-state index in [4.69, 9.17) is 0 Å². The monoisotopic (exact) mass is 392 g/mol. The highest BCUT2D eigenvalue weighted by molar-refractivity contribution is 7.99. The van der Waals surface area contributed by atoms with Crippen LogP contribution >= 0.6 is 11.8 Å². The largest absolute Gasteiger partial charge is 0.329 e. The van der Waals surface area contributed by atoms with Crippen molar-refractivity contribution in [3.05, 3.63) is 87.1 Å². The van der Waals surface area contributed by atoms with E-state index in [1.807, 2.05) is 53.1 Å². The highest BCUT2D eigenvalue weighted by atomic mass is 32.2. The Hall–Kier alpha value is -3.06. The van der Waals surface area contributed by atoms with Gasteiger partial charge in [0.15, 0.2) is 16.3 Å². The fourth-order valence-corrected chi connectivity index (χ4v) is 4.11. The number of fused-ring (bicyclic) bond motifs is 1. The molecule has 0 aliphatic rings. The van der Waals surface area contributed by atoms with Gasteiger partial charge in [0.1, 0.15) is 0 Å². The van der Waals surface area contributed by atoms with Crippen molar-refractivity contribution in [3.8, 4) is 0 Å². The topological polar surface area (TPSA) is 72.7 Å². The van der Waals surface area contributed by atoms with Crippen LogP contribution in [-0.4, -0.2) is 19.1 Å². The maximum Gasteiger partial charge on any atom is 0.329 e. The molecule has 0 bridgehead atoms. The van der Waals surface area contributed by atoms with E-state index in [9.17, 15) is 9.59 Å². The van der Waals surface area contributed by atoms with Gasteiger partial charge in [-0.15, -0.1) is 0 Å². The zero-order chi connectivity index (χ0) is 19.5. The number of nitrogens with zero attached hydrogens (tertiary/aromatic N) is 3. The summed E-state index contributed by atoms with van der Waals surface area (Å²) < 4.78 is 3.31. The highest BCUT2D eigenvalue weighted by Crippen LogP contribution is 2.29. The first-order valence-electron chi connectivity index (χ1n) is 9.10. The smallest absolute Gasteiger partial charge is 0.313 e. The molecule has 4 rings (SSSR count). The van der Waals surface area contributed by atoms with Gasteiger partial charge in [0.2, 0.25) is 0 Å². The van der Waals surface area contributed by atoms with Crippen molar-refractivity contribution < 1.29 is 0 Å². The molecular formula is C21H20N4O2S. The minimum atomic E-state index is -0.456. The zero-order valence-corrected chi connectivity index (χ0v) is 16.3. The summed E-state index contributed by atoms with van der Waals surface area (Å²) >= 11 is 1.49. The van der Waals surface area contributed by atoms with E-state index >= 15 is 0 Å². The van der Waals surface area contributed by atoms with Crippen LogP contribution in [0.25, 0.3) is 11.2 Å². The van der Waals surface area contributed by atoms with E-state index in [1.54, 1.807) is 7.05 Å². The third kappa shape index (κ3) is 3.66. The number of rotatable bonds is 6. The Morgan fingerprint density at radius 2 is 1.68 bits per heavy atom. The molecule has 0 fully saturated rings. The van der Waals surface area contributed by atoms with Crippen LogP contribution in [-0.2, 0) is 20.0 Å². The molecular weight excluding hydrogens is 372 g/mol. The number of aromatic amines is 1. The summed E-state index contributed by atoms with van der Waals surface area (Å²) in [5, 5.41) is 0.709. The lowest BCUT2D eigenvalue weighted by Gasteiger charge is -2.08. The van der Waals surface area contributed by atoms with E-state index in [0.717, 1.165) is 17.7 Å². The van der Waals surface area contributed by atoms with Gasteiger partial charge in [-0.2, -0.15) is 0 Å². The molecule has 0 aliphatic heterocycles. The second kappa shape index (κ2) is 7.90. The summed E-state index contributed by atoms with van der Waals surface area (Å²) in [6, 6.07) is 20.1. The van der Waals surface area contributed by atoms with E-state index in [0.29, 0.717) is 22.9 Å². The lowest BCUT2D eigenvalue weighted by molar-refractivity contribution is 0.608. The number of hydrogen-bond donors (Lipinski definition) is 1. The van der Waals surface area contributed by atoms with Gasteiger partial charge in [0.25, 0.3) is 5.56 Å². The van der Waals surface area contributed by atoms with Gasteiger partial charge in [0.05, 0.1) is 0 Å². The normalized spacial score (nSPS) is 11.2. The molecule has 28 heavy (non-hydrogen) atoms. The second-order valence-corrected chi connectivity index (χ2v) is 7.58. The minimum absolute atomic E-state index is 0.398. The fourth-order valence-electron chi connectivity index (χ4n) is 3.18. The Labute approximate surface area is 165 Å². The first-order chi connectivity index (χ1) is 13.6. The van der Waals surface area contributed by atoms with Gasteiger partial charge in [-0.05, 0) is 30.5 Å². The molecule has 4 aromatic rings. The molecule has 0 amide bonds. The Morgan fingerprint density at radius 3 is 2.39 bits per heavy atom. The average molecular weight is 392 g/mol. The van der Waals surface area contributed by atoms with Crippen LogP contribution in [0.4, 0.5) is 0 Å². The standard InChI is InChI=1S/C21H20N4O2S/c1-24-18-17(19(26)23-20(24)27)25(14-8-11-15-9-4-2-5-10-15)21(22-18)28-16-12-6-3-7-13-16/h2-7,9-10,12-13H,8,11,14H2,1H3,(H,23,26,27). The Kier molecular flexibility index (Phi) is 5.16. The van der Waals surface area contributed by atoms with Crippen LogP contribution in [0, 0.1) is 0 Å². The molecule has 6 nitrogen and oxygen atoms in total. The lowest BCUT2D eigenvalue weighted by atomic mass is 10.1. The third-order valence-corrected chi connectivity index (χ3v) is 5.62.